The van der Waals surface area contributed by atoms with E-state index in [1.807, 2.05) is 12.1 Å². The molecule has 5 rings (SSSR count). The zero-order chi connectivity index (χ0) is 25.9. The highest BCUT2D eigenvalue weighted by Crippen LogP contribution is 2.32. The Balaban J connectivity index is 1.28. The maximum absolute atomic E-state index is 13.2. The number of halogens is 1. The molecule has 11 heteroatoms. The van der Waals surface area contributed by atoms with E-state index in [-0.39, 0.29) is 19.1 Å². The lowest BCUT2D eigenvalue weighted by atomic mass is 9.93. The molecule has 1 aliphatic carbocycles. The van der Waals surface area contributed by atoms with E-state index in [0.717, 1.165) is 18.4 Å². The summed E-state index contributed by atoms with van der Waals surface area (Å²) in [5.41, 5.74) is 3.02. The van der Waals surface area contributed by atoms with Crippen LogP contribution in [0.3, 0.4) is 0 Å². The molecular weight excluding hydrogens is 496 g/mol. The molecule has 3 heterocycles. The summed E-state index contributed by atoms with van der Waals surface area (Å²) in [5.74, 6) is 0.222. The highest BCUT2D eigenvalue weighted by molar-refractivity contribution is 6.33. The molecule has 3 N–H and O–H groups in total. The van der Waals surface area contributed by atoms with Gasteiger partial charge in [-0.1, -0.05) is 29.8 Å². The Labute approximate surface area is 219 Å². The van der Waals surface area contributed by atoms with Crippen LogP contribution in [0.1, 0.15) is 46.9 Å². The number of amides is 2. The summed E-state index contributed by atoms with van der Waals surface area (Å²) in [6.07, 6.45) is 4.93. The topological polar surface area (TPSA) is 130 Å². The largest absolute Gasteiger partial charge is 0.481 e. The zero-order valence-electron chi connectivity index (χ0n) is 20.3. The number of benzene rings is 1. The molecule has 10 nitrogen and oxygen atoms in total. The van der Waals surface area contributed by atoms with Crippen molar-refractivity contribution in [1.29, 1.82) is 0 Å². The van der Waals surface area contributed by atoms with Gasteiger partial charge in [0.15, 0.2) is 0 Å². The van der Waals surface area contributed by atoms with Gasteiger partial charge in [-0.25, -0.2) is 15.0 Å². The second kappa shape index (κ2) is 10.7. The first-order valence-corrected chi connectivity index (χ1v) is 12.5. The molecule has 1 atom stereocenters. The highest BCUT2D eigenvalue weighted by atomic mass is 35.5. The number of aliphatic hydroxyl groups excluding tert-OH is 1. The standard InChI is InChI=1S/C26H27ClN6O4/c1-37-23-7-3-6-20(31-23)21(14-34)30-22(35)13-33-12-16-9-8-15(10-18(16)25(33)36)24-19(27)11-28-26(32-24)29-17-4-2-5-17/h3,6-11,17,21,34H,2,4-5,12-14H2,1H3,(H,30,35)(H,28,29,32). The Bertz CT molecular complexity index is 1330. The SMILES string of the molecule is COc1cccc(C(CO)NC(=O)CN2Cc3ccc(-c4nc(NC5CCC5)ncc4Cl)cc3C2=O)n1. The molecule has 2 aromatic heterocycles. The molecule has 1 aromatic carbocycles. The summed E-state index contributed by atoms with van der Waals surface area (Å²) in [6.45, 7) is -0.206. The van der Waals surface area contributed by atoms with Gasteiger partial charge in [0.2, 0.25) is 17.7 Å². The number of aliphatic hydroxyl groups is 1. The van der Waals surface area contributed by atoms with E-state index < -0.39 is 11.9 Å². The number of rotatable bonds is 9. The second-order valence-corrected chi connectivity index (χ2v) is 9.51. The second-order valence-electron chi connectivity index (χ2n) is 9.10. The zero-order valence-corrected chi connectivity index (χ0v) is 21.0. The predicted molar refractivity (Wildman–Crippen MR) is 137 cm³/mol. The Morgan fingerprint density at radius 1 is 1.27 bits per heavy atom. The van der Waals surface area contributed by atoms with Gasteiger partial charge in [-0.05, 0) is 37.0 Å². The fraction of sp³-hybridized carbons (Fsp3) is 0.346. The molecule has 2 amide bonds. The third-order valence-electron chi connectivity index (χ3n) is 6.61. The Morgan fingerprint density at radius 2 is 2.11 bits per heavy atom. The van der Waals surface area contributed by atoms with Crippen LogP contribution in [0.4, 0.5) is 5.95 Å². The lowest BCUT2D eigenvalue weighted by Crippen LogP contribution is -2.40. The number of pyridine rings is 1. The van der Waals surface area contributed by atoms with Gasteiger partial charge in [-0.2, -0.15) is 0 Å². The van der Waals surface area contributed by atoms with E-state index in [9.17, 15) is 14.7 Å². The first kappa shape index (κ1) is 24.9. The van der Waals surface area contributed by atoms with Crippen molar-refractivity contribution < 1.29 is 19.4 Å². The van der Waals surface area contributed by atoms with Gasteiger partial charge in [0.1, 0.15) is 6.54 Å². The molecule has 3 aromatic rings. The molecule has 0 spiro atoms. The fourth-order valence-corrected chi connectivity index (χ4v) is 4.58. The number of nitrogens with zero attached hydrogens (tertiary/aromatic N) is 4. The Morgan fingerprint density at radius 3 is 2.84 bits per heavy atom. The van der Waals surface area contributed by atoms with E-state index in [1.54, 1.807) is 30.5 Å². The maximum atomic E-state index is 13.2. The summed E-state index contributed by atoms with van der Waals surface area (Å²) >= 11 is 6.40. The number of methoxy groups -OCH3 is 1. The molecule has 1 unspecified atom stereocenters. The monoisotopic (exact) mass is 522 g/mol. The van der Waals surface area contributed by atoms with Gasteiger partial charge in [-0.3, -0.25) is 9.59 Å². The highest BCUT2D eigenvalue weighted by Gasteiger charge is 2.30. The number of ether oxygens (including phenoxy) is 1. The van der Waals surface area contributed by atoms with E-state index in [0.29, 0.717) is 52.0 Å². The van der Waals surface area contributed by atoms with Gasteiger partial charge in [0.25, 0.3) is 5.91 Å². The third kappa shape index (κ3) is 5.35. The van der Waals surface area contributed by atoms with Crippen LogP contribution < -0.4 is 15.4 Å². The average molecular weight is 523 g/mol. The third-order valence-corrected chi connectivity index (χ3v) is 6.88. The van der Waals surface area contributed by atoms with Crippen molar-refractivity contribution in [2.45, 2.75) is 37.9 Å². The van der Waals surface area contributed by atoms with Crippen LogP contribution >= 0.6 is 11.6 Å². The van der Waals surface area contributed by atoms with Crippen molar-refractivity contribution >= 4 is 29.4 Å². The summed E-state index contributed by atoms with van der Waals surface area (Å²) in [5, 5.41) is 16.2. The van der Waals surface area contributed by atoms with Crippen LogP contribution in [0, 0.1) is 0 Å². The summed E-state index contributed by atoms with van der Waals surface area (Å²) < 4.78 is 5.11. The molecule has 1 saturated carbocycles. The van der Waals surface area contributed by atoms with Gasteiger partial charge < -0.3 is 25.4 Å². The van der Waals surface area contributed by atoms with E-state index in [1.165, 1.54) is 18.4 Å². The van der Waals surface area contributed by atoms with Crippen LogP contribution in [0.2, 0.25) is 5.02 Å². The maximum Gasteiger partial charge on any atom is 0.254 e. The van der Waals surface area contributed by atoms with Gasteiger partial charge in [-0.15, -0.1) is 0 Å². The Kier molecular flexibility index (Phi) is 7.20. The number of fused-ring (bicyclic) bond motifs is 1. The summed E-state index contributed by atoms with van der Waals surface area (Å²) in [4.78, 5) is 40.5. The number of nitrogens with one attached hydrogen (secondary N) is 2. The summed E-state index contributed by atoms with van der Waals surface area (Å²) in [7, 11) is 1.49. The van der Waals surface area contributed by atoms with Crippen LogP contribution in [-0.4, -0.2) is 63.1 Å². The Hall–Kier alpha value is -3.76. The van der Waals surface area contributed by atoms with Crippen molar-refractivity contribution in [2.75, 3.05) is 25.6 Å². The van der Waals surface area contributed by atoms with Crippen molar-refractivity contribution in [3.63, 3.8) is 0 Å². The lowest BCUT2D eigenvalue weighted by Gasteiger charge is -2.26. The van der Waals surface area contributed by atoms with Crippen molar-refractivity contribution in [3.8, 4) is 17.1 Å². The predicted octanol–water partition coefficient (Wildman–Crippen LogP) is 2.97. The molecule has 1 fully saturated rings. The van der Waals surface area contributed by atoms with Crippen LogP contribution in [0.5, 0.6) is 5.88 Å². The molecule has 192 valence electrons. The van der Waals surface area contributed by atoms with Gasteiger partial charge in [0, 0.05) is 29.8 Å². The van der Waals surface area contributed by atoms with Crippen LogP contribution in [-0.2, 0) is 11.3 Å². The number of hydrogen-bond donors (Lipinski definition) is 3. The van der Waals surface area contributed by atoms with Crippen molar-refractivity contribution in [1.82, 2.24) is 25.2 Å². The minimum Gasteiger partial charge on any atom is -0.481 e. The van der Waals surface area contributed by atoms with Gasteiger partial charge >= 0.3 is 0 Å². The van der Waals surface area contributed by atoms with Gasteiger partial charge in [0.05, 0.1) is 42.4 Å². The van der Waals surface area contributed by atoms with Crippen LogP contribution in [0.25, 0.3) is 11.3 Å². The minimum absolute atomic E-state index is 0.160. The molecule has 0 bridgehead atoms. The smallest absolute Gasteiger partial charge is 0.254 e. The first-order valence-electron chi connectivity index (χ1n) is 12.1. The van der Waals surface area contributed by atoms with E-state index >= 15 is 0 Å². The quantitative estimate of drug-likeness (QED) is 0.391. The minimum atomic E-state index is -0.725. The van der Waals surface area contributed by atoms with Crippen molar-refractivity contribution in [3.05, 3.63) is 64.4 Å². The lowest BCUT2D eigenvalue weighted by molar-refractivity contribution is -0.122. The normalized spacial score (nSPS) is 15.6. The van der Waals surface area contributed by atoms with Crippen LogP contribution in [0.15, 0.2) is 42.6 Å². The first-order chi connectivity index (χ1) is 17.9. The number of anilines is 1. The van der Waals surface area contributed by atoms with E-state index in [4.69, 9.17) is 16.3 Å². The molecule has 1 aliphatic heterocycles. The average Bonchev–Trinajstić information content (AvgIpc) is 3.19. The summed E-state index contributed by atoms with van der Waals surface area (Å²) in [6, 6.07) is 10.2. The molecule has 37 heavy (non-hydrogen) atoms. The fourth-order valence-electron chi connectivity index (χ4n) is 4.38. The van der Waals surface area contributed by atoms with Crippen molar-refractivity contribution in [2.24, 2.45) is 0 Å². The number of carbonyl (C=O) groups excluding carboxylic acids is 2. The number of hydrogen-bond acceptors (Lipinski definition) is 8. The molecule has 0 saturated heterocycles. The number of carbonyl (C=O) groups is 2. The number of aromatic nitrogens is 3. The molecular formula is C26H27ClN6O4. The van der Waals surface area contributed by atoms with E-state index in [2.05, 4.69) is 25.6 Å². The molecule has 0 radical (unpaired) electrons. The molecule has 2 aliphatic rings.